The molecule has 1 saturated heterocycles. The van der Waals surface area contributed by atoms with Gasteiger partial charge in [0, 0.05) is 19.8 Å². The minimum atomic E-state index is -1.02. The molecule has 2 rings (SSSR count). The van der Waals surface area contributed by atoms with Crippen LogP contribution >= 0.6 is 12.4 Å². The van der Waals surface area contributed by atoms with Crippen molar-refractivity contribution in [2.45, 2.75) is 199 Å². The van der Waals surface area contributed by atoms with Crippen molar-refractivity contribution in [2.75, 3.05) is 39.5 Å². The molecule has 0 radical (unpaired) electrons. The largest absolute Gasteiger partial charge is 0.445 e. The predicted molar refractivity (Wildman–Crippen MR) is 228 cm³/mol. The Kier molecular flexibility index (Phi) is 33.0. The van der Waals surface area contributed by atoms with Gasteiger partial charge >= 0.3 is 6.09 Å². The molecule has 1 aliphatic heterocycles. The normalized spacial score (nSPS) is 14.3. The van der Waals surface area contributed by atoms with E-state index in [0.717, 1.165) is 18.4 Å². The zero-order valence-corrected chi connectivity index (χ0v) is 35.6. The summed E-state index contributed by atoms with van der Waals surface area (Å²) in [6.07, 6.45) is 31.7. The first-order chi connectivity index (χ1) is 26.1. The predicted octanol–water partition coefficient (Wildman–Crippen LogP) is 11.4. The molecule has 1 atom stereocenters. The fourth-order valence-electron chi connectivity index (χ4n) is 7.21. The van der Waals surface area contributed by atoms with E-state index >= 15 is 0 Å². The van der Waals surface area contributed by atoms with Crippen molar-refractivity contribution in [3.05, 3.63) is 35.9 Å². The molecular formula is C45H82ClN3O5. The van der Waals surface area contributed by atoms with Gasteiger partial charge in [0.15, 0.2) is 0 Å². The average molecular weight is 781 g/mol. The molecule has 0 aliphatic carbocycles. The molecule has 1 aliphatic rings. The number of benzene rings is 1. The lowest BCUT2D eigenvalue weighted by Crippen LogP contribution is -2.63. The SMILES string of the molecule is CCCCCCCCCCCCCCOCC(CNC(=O)C1(NC(=O)OCc2ccccc2)CCNCC1)OCCCCCCCCCCCCCC.Cl. The number of halogens is 1. The Labute approximate surface area is 337 Å². The van der Waals surface area contributed by atoms with Crippen LogP contribution in [0.25, 0.3) is 0 Å². The van der Waals surface area contributed by atoms with Gasteiger partial charge in [-0.1, -0.05) is 185 Å². The summed E-state index contributed by atoms with van der Waals surface area (Å²) < 4.78 is 17.9. The number of ether oxygens (including phenoxy) is 3. The van der Waals surface area contributed by atoms with E-state index in [0.29, 0.717) is 52.3 Å². The Morgan fingerprint density at radius 3 is 1.63 bits per heavy atom. The Balaban J connectivity index is 0.0000146. The van der Waals surface area contributed by atoms with Gasteiger partial charge in [-0.2, -0.15) is 0 Å². The van der Waals surface area contributed by atoms with Crippen LogP contribution < -0.4 is 16.0 Å². The highest BCUT2D eigenvalue weighted by molar-refractivity contribution is 5.90. The van der Waals surface area contributed by atoms with Crippen LogP contribution in [0.1, 0.15) is 186 Å². The first kappa shape index (κ1) is 50.1. The number of unbranched alkanes of at least 4 members (excludes halogenated alkanes) is 22. The van der Waals surface area contributed by atoms with E-state index in [4.69, 9.17) is 14.2 Å². The van der Waals surface area contributed by atoms with Gasteiger partial charge in [-0.05, 0) is 44.3 Å². The van der Waals surface area contributed by atoms with Crippen LogP contribution in [0.2, 0.25) is 0 Å². The van der Waals surface area contributed by atoms with Gasteiger partial charge in [0.1, 0.15) is 12.1 Å². The standard InChI is InChI=1S/C45H81N3O5.ClH/c1-3-5-7-9-11-13-15-17-19-21-23-28-36-51-40-42(52-37-29-24-22-20-18-16-14-12-10-8-6-4-2)38-47-43(49)45(32-34-46-35-33-45)48-44(50)53-39-41-30-26-25-27-31-41;/h25-27,30-31,42,46H,3-24,28-29,32-40H2,1-2H3,(H,47,49)(H,48,50);1H. The number of hydrogen-bond acceptors (Lipinski definition) is 6. The quantitative estimate of drug-likeness (QED) is 0.0594. The number of hydrogen-bond donors (Lipinski definition) is 3. The summed E-state index contributed by atoms with van der Waals surface area (Å²) in [4.78, 5) is 26.6. The van der Waals surface area contributed by atoms with Gasteiger partial charge in [-0.3, -0.25) is 4.79 Å². The van der Waals surface area contributed by atoms with Crippen LogP contribution in [0, 0.1) is 0 Å². The molecule has 0 spiro atoms. The third-order valence-corrected chi connectivity index (χ3v) is 10.7. The molecule has 2 amide bonds. The van der Waals surface area contributed by atoms with Crippen molar-refractivity contribution in [3.8, 4) is 0 Å². The number of amides is 2. The van der Waals surface area contributed by atoms with Gasteiger partial charge < -0.3 is 30.2 Å². The lowest BCUT2D eigenvalue weighted by Gasteiger charge is -2.36. The van der Waals surface area contributed by atoms with E-state index in [2.05, 4.69) is 29.8 Å². The summed E-state index contributed by atoms with van der Waals surface area (Å²) in [6.45, 7) is 8.20. The van der Waals surface area contributed by atoms with Crippen molar-refractivity contribution in [2.24, 2.45) is 0 Å². The second-order valence-electron chi connectivity index (χ2n) is 15.6. The van der Waals surface area contributed by atoms with Crippen molar-refractivity contribution in [1.82, 2.24) is 16.0 Å². The topological polar surface area (TPSA) is 97.9 Å². The average Bonchev–Trinajstić information content (AvgIpc) is 3.18. The highest BCUT2D eigenvalue weighted by atomic mass is 35.5. The van der Waals surface area contributed by atoms with Crippen molar-refractivity contribution >= 4 is 24.4 Å². The monoisotopic (exact) mass is 780 g/mol. The van der Waals surface area contributed by atoms with Gasteiger partial charge in [0.2, 0.25) is 5.91 Å². The Bertz CT molecular complexity index is 995. The first-order valence-electron chi connectivity index (χ1n) is 22.3. The Morgan fingerprint density at radius 1 is 0.667 bits per heavy atom. The molecular weight excluding hydrogens is 698 g/mol. The molecule has 0 bridgehead atoms. The van der Waals surface area contributed by atoms with E-state index < -0.39 is 11.6 Å². The highest BCUT2D eigenvalue weighted by Crippen LogP contribution is 2.20. The molecule has 9 heteroatoms. The summed E-state index contributed by atoms with van der Waals surface area (Å²) in [7, 11) is 0. The molecule has 0 saturated carbocycles. The van der Waals surface area contributed by atoms with Crippen LogP contribution in [-0.2, 0) is 25.6 Å². The molecule has 1 unspecified atom stereocenters. The number of carbonyl (C=O) groups excluding carboxylic acids is 2. The fraction of sp³-hybridized carbons (Fsp3) is 0.822. The summed E-state index contributed by atoms with van der Waals surface area (Å²) >= 11 is 0. The Hall–Kier alpha value is -1.87. The van der Waals surface area contributed by atoms with Crippen LogP contribution in [0.5, 0.6) is 0 Å². The number of nitrogens with one attached hydrogen (secondary N) is 3. The van der Waals surface area contributed by atoms with Gasteiger partial charge in [0.05, 0.1) is 12.7 Å². The molecule has 54 heavy (non-hydrogen) atoms. The van der Waals surface area contributed by atoms with Crippen molar-refractivity contribution in [1.29, 1.82) is 0 Å². The summed E-state index contributed by atoms with van der Waals surface area (Å²) in [6, 6.07) is 9.59. The summed E-state index contributed by atoms with van der Waals surface area (Å²) in [5, 5.41) is 9.37. The Morgan fingerprint density at radius 2 is 1.13 bits per heavy atom. The van der Waals surface area contributed by atoms with Crippen LogP contribution in [0.15, 0.2) is 30.3 Å². The third kappa shape index (κ3) is 26.1. The summed E-state index contributed by atoms with van der Waals surface area (Å²) in [5.41, 5.74) is -0.113. The molecule has 8 nitrogen and oxygen atoms in total. The smallest absolute Gasteiger partial charge is 0.408 e. The lowest BCUT2D eigenvalue weighted by atomic mass is 9.87. The van der Waals surface area contributed by atoms with Crippen molar-refractivity contribution < 1.29 is 23.8 Å². The van der Waals surface area contributed by atoms with E-state index in [-0.39, 0.29) is 31.0 Å². The molecule has 3 N–H and O–H groups in total. The van der Waals surface area contributed by atoms with Gasteiger partial charge in [-0.15, -0.1) is 12.4 Å². The van der Waals surface area contributed by atoms with Crippen LogP contribution in [-0.4, -0.2) is 63.1 Å². The molecule has 0 aromatic heterocycles. The van der Waals surface area contributed by atoms with Crippen LogP contribution in [0.3, 0.4) is 0 Å². The highest BCUT2D eigenvalue weighted by Gasteiger charge is 2.41. The molecule has 1 aromatic carbocycles. The number of piperidine rings is 1. The maximum absolute atomic E-state index is 13.7. The maximum Gasteiger partial charge on any atom is 0.408 e. The van der Waals surface area contributed by atoms with Gasteiger partial charge in [-0.25, -0.2) is 4.79 Å². The van der Waals surface area contributed by atoms with Gasteiger partial charge in [0.25, 0.3) is 0 Å². The summed E-state index contributed by atoms with van der Waals surface area (Å²) in [5.74, 6) is -0.185. The number of alkyl carbamates (subject to hydrolysis) is 1. The third-order valence-electron chi connectivity index (χ3n) is 10.7. The fourth-order valence-corrected chi connectivity index (χ4v) is 7.21. The van der Waals surface area contributed by atoms with E-state index in [1.54, 1.807) is 0 Å². The molecule has 314 valence electrons. The maximum atomic E-state index is 13.7. The molecule has 1 heterocycles. The van der Waals surface area contributed by atoms with E-state index in [9.17, 15) is 9.59 Å². The number of carbonyl (C=O) groups is 2. The minimum Gasteiger partial charge on any atom is -0.445 e. The second-order valence-corrected chi connectivity index (χ2v) is 15.6. The van der Waals surface area contributed by atoms with Crippen LogP contribution in [0.4, 0.5) is 4.79 Å². The zero-order valence-electron chi connectivity index (χ0n) is 34.7. The molecule has 1 fully saturated rings. The second kappa shape index (κ2) is 35.5. The molecule has 1 aromatic rings. The number of rotatable bonds is 35. The minimum absolute atomic E-state index is 0. The van der Waals surface area contributed by atoms with E-state index in [1.165, 1.54) is 141 Å². The van der Waals surface area contributed by atoms with E-state index in [1.807, 2.05) is 30.3 Å². The zero-order chi connectivity index (χ0) is 37.9. The first-order valence-corrected chi connectivity index (χ1v) is 22.3. The lowest BCUT2D eigenvalue weighted by molar-refractivity contribution is -0.129. The van der Waals surface area contributed by atoms with Crippen molar-refractivity contribution in [3.63, 3.8) is 0 Å².